The van der Waals surface area contributed by atoms with Crippen LogP contribution in [-0.2, 0) is 10.8 Å². The van der Waals surface area contributed by atoms with Gasteiger partial charge in [-0.2, -0.15) is 0 Å². The Labute approximate surface area is 410 Å². The topological polar surface area (TPSA) is 59.0 Å². The van der Waals surface area contributed by atoms with Crippen molar-refractivity contribution in [3.8, 4) is 22.6 Å². The lowest BCUT2D eigenvalue weighted by Gasteiger charge is -2.36. The molecule has 0 radical (unpaired) electrons. The van der Waals surface area contributed by atoms with Crippen LogP contribution in [0.3, 0.4) is 0 Å². The van der Waals surface area contributed by atoms with Crippen molar-refractivity contribution in [2.24, 2.45) is 0 Å². The van der Waals surface area contributed by atoms with Crippen LogP contribution in [0, 0.1) is 27.7 Å². The molecule has 7 aromatic carbocycles. The molecule has 1 aliphatic rings. The number of rotatable bonds is 6. The fourth-order valence-corrected chi connectivity index (χ4v) is 11.2. The van der Waals surface area contributed by atoms with Gasteiger partial charge in [0.1, 0.15) is 45.2 Å². The van der Waals surface area contributed by atoms with E-state index in [1.54, 1.807) is 0 Å². The Morgan fingerprint density at radius 3 is 1.49 bits per heavy atom. The average molecular weight is 917 g/mol. The summed E-state index contributed by atoms with van der Waals surface area (Å²) >= 11 is 0. The molecular weight excluding hydrogens is 860 g/mol. The number of hydrogen-bond acceptors (Lipinski definition) is 6. The van der Waals surface area contributed by atoms with Crippen molar-refractivity contribution in [2.45, 2.75) is 80.1 Å². The summed E-state index contributed by atoms with van der Waals surface area (Å²) in [6.45, 7) is 22.1. The minimum atomic E-state index is -0.401. The third-order valence-electron chi connectivity index (χ3n) is 14.6. The number of furan rings is 4. The molecule has 11 aromatic rings. The second-order valence-corrected chi connectivity index (χ2v) is 21.7. The first kappa shape index (κ1) is 43.6. The predicted octanol–water partition coefficient (Wildman–Crippen LogP) is 15.9. The molecule has 0 bridgehead atoms. The summed E-state index contributed by atoms with van der Waals surface area (Å²) in [4.78, 5) is 4.82. The third-order valence-corrected chi connectivity index (χ3v) is 14.6. The first-order valence-electron chi connectivity index (χ1n) is 24.5. The highest BCUT2D eigenvalue weighted by Crippen LogP contribution is 2.47. The van der Waals surface area contributed by atoms with Gasteiger partial charge in [-0.15, -0.1) is 0 Å². The van der Waals surface area contributed by atoms with Gasteiger partial charge in [0, 0.05) is 51.1 Å². The van der Waals surface area contributed by atoms with Gasteiger partial charge in [-0.1, -0.05) is 108 Å². The molecule has 12 rings (SSSR count). The molecule has 0 amide bonds. The van der Waals surface area contributed by atoms with Crippen molar-refractivity contribution in [2.75, 3.05) is 16.8 Å². The number of hydrogen-bond donors (Lipinski definition) is 0. The molecule has 0 atom stereocenters. The lowest BCUT2D eigenvalue weighted by atomic mass is 9.39. The maximum Gasteiger partial charge on any atom is 0.340 e. The van der Waals surface area contributed by atoms with Crippen LogP contribution in [0.2, 0.25) is 0 Å². The highest BCUT2D eigenvalue weighted by molar-refractivity contribution is 6.97. The van der Waals surface area contributed by atoms with Crippen molar-refractivity contribution in [1.82, 2.24) is 0 Å². The van der Waals surface area contributed by atoms with Gasteiger partial charge in [-0.3, -0.25) is 0 Å². The molecule has 7 heteroatoms. The van der Waals surface area contributed by atoms with Crippen LogP contribution in [0.1, 0.15) is 74.9 Å². The number of aryl methyl sites for hydroxylation is 4. The Bertz CT molecular complexity index is 3790. The first-order valence-corrected chi connectivity index (χ1v) is 24.5. The van der Waals surface area contributed by atoms with Crippen molar-refractivity contribution in [3.05, 3.63) is 179 Å². The summed E-state index contributed by atoms with van der Waals surface area (Å²) in [6, 6.07) is 52.0. The van der Waals surface area contributed by atoms with E-state index in [2.05, 4.69) is 207 Å². The zero-order chi connectivity index (χ0) is 48.5. The predicted molar refractivity (Wildman–Crippen MR) is 293 cm³/mol. The summed E-state index contributed by atoms with van der Waals surface area (Å²) in [5.41, 5.74) is 20.5. The quantitative estimate of drug-likeness (QED) is 0.155. The van der Waals surface area contributed by atoms with E-state index in [0.29, 0.717) is 0 Å². The smallest absolute Gasteiger partial charge is 0.340 e. The zero-order valence-corrected chi connectivity index (χ0v) is 42.0. The largest absolute Gasteiger partial charge is 0.468 e. The zero-order valence-electron chi connectivity index (χ0n) is 42.0. The summed E-state index contributed by atoms with van der Waals surface area (Å²) < 4.78 is 27.6. The second-order valence-electron chi connectivity index (χ2n) is 21.7. The van der Waals surface area contributed by atoms with Crippen molar-refractivity contribution >= 4 is 95.8 Å². The minimum Gasteiger partial charge on any atom is -0.468 e. The summed E-state index contributed by atoms with van der Waals surface area (Å²) in [5.74, 6) is 1.71. The van der Waals surface area contributed by atoms with Crippen molar-refractivity contribution in [1.29, 1.82) is 0 Å². The number of anilines is 5. The molecule has 6 nitrogen and oxygen atoms in total. The molecule has 0 spiro atoms. The van der Waals surface area contributed by atoms with Gasteiger partial charge in [0.05, 0.1) is 17.1 Å². The van der Waals surface area contributed by atoms with Crippen LogP contribution in [0.4, 0.5) is 28.4 Å². The molecule has 4 aromatic heterocycles. The lowest BCUT2D eigenvalue weighted by molar-refractivity contribution is 0.590. The Morgan fingerprint density at radius 1 is 0.443 bits per heavy atom. The van der Waals surface area contributed by atoms with Gasteiger partial charge in [0.15, 0.2) is 0 Å². The number of nitrogens with zero attached hydrogens (tertiary/aromatic N) is 2. The number of fused-ring (bicyclic) bond motifs is 7. The highest BCUT2D eigenvalue weighted by atomic mass is 16.4. The molecule has 5 heterocycles. The van der Waals surface area contributed by atoms with E-state index in [4.69, 9.17) is 17.7 Å². The average Bonchev–Trinajstić information content (AvgIpc) is 4.12. The Kier molecular flexibility index (Phi) is 9.78. The van der Waals surface area contributed by atoms with E-state index in [9.17, 15) is 0 Å². The molecule has 0 unspecified atom stereocenters. The highest BCUT2D eigenvalue weighted by Gasteiger charge is 2.45. The molecule has 0 saturated carbocycles. The number of benzene rings is 7. The first-order chi connectivity index (χ1) is 33.5. The number of para-hydroxylation sites is 3. The van der Waals surface area contributed by atoms with Crippen LogP contribution < -0.4 is 26.6 Å². The lowest BCUT2D eigenvalue weighted by Crippen LogP contribution is -2.57. The SMILES string of the molecule is Cc1cc(-c2cc3ccccc3o2)cc(C)c1N(C)c1c(B2c3ccccc3N(c3c(C)cc(-c4cc5ccccc5o4)cc3C)c3c2oc2ccc(C(C)(C)C)cc32)oc2ccc(C(C)(C)C)cc12. The maximum atomic E-state index is 7.38. The van der Waals surface area contributed by atoms with Crippen LogP contribution >= 0.6 is 0 Å². The van der Waals surface area contributed by atoms with E-state index in [0.717, 1.165) is 134 Å². The van der Waals surface area contributed by atoms with Gasteiger partial charge in [-0.25, -0.2) is 0 Å². The fourth-order valence-electron chi connectivity index (χ4n) is 11.2. The Balaban J connectivity index is 1.09. The molecule has 0 aliphatic carbocycles. The summed E-state index contributed by atoms with van der Waals surface area (Å²) in [6.07, 6.45) is 0. The van der Waals surface area contributed by atoms with E-state index < -0.39 is 6.71 Å². The second kappa shape index (κ2) is 15.7. The molecular formula is C63H57BN2O4. The van der Waals surface area contributed by atoms with Crippen LogP contribution in [0.5, 0.6) is 0 Å². The molecule has 346 valence electrons. The van der Waals surface area contributed by atoms with Gasteiger partial charge in [-0.05, 0) is 156 Å². The standard InChI is InChI=1S/C63H57BN2O4/c1-36-28-42(54-32-40-18-12-16-22-50(40)67-54)29-37(2)56(36)65(11)58-46-34-44(62(5,6)7)24-26-52(46)69-60(58)64-48-20-14-15-21-49(48)66(59-47-35-45(63(8,9)10)25-27-53(47)70-61(59)64)57-38(3)30-43(31-39(57)4)55-33-41-19-13-17-23-51(41)68-55/h12-35H,1-11H3. The van der Waals surface area contributed by atoms with E-state index in [-0.39, 0.29) is 10.8 Å². The molecule has 1 aliphatic heterocycles. The molecule has 70 heavy (non-hydrogen) atoms. The monoisotopic (exact) mass is 916 g/mol. The van der Waals surface area contributed by atoms with E-state index >= 15 is 0 Å². The van der Waals surface area contributed by atoms with E-state index in [1.807, 2.05) is 24.3 Å². The summed E-state index contributed by atoms with van der Waals surface area (Å²) in [7, 11) is 2.19. The fraction of sp³-hybridized carbons (Fsp3) is 0.206. The van der Waals surface area contributed by atoms with Crippen LogP contribution in [-0.4, -0.2) is 13.8 Å². The van der Waals surface area contributed by atoms with E-state index in [1.165, 1.54) is 11.1 Å². The Morgan fingerprint density at radius 2 is 0.929 bits per heavy atom. The van der Waals surface area contributed by atoms with Crippen molar-refractivity contribution < 1.29 is 17.7 Å². The normalized spacial score (nSPS) is 13.0. The van der Waals surface area contributed by atoms with Gasteiger partial charge in [0.25, 0.3) is 0 Å². The third kappa shape index (κ3) is 6.92. The Hall–Kier alpha value is -7.64. The van der Waals surface area contributed by atoms with Crippen molar-refractivity contribution in [3.63, 3.8) is 0 Å². The minimum absolute atomic E-state index is 0.0915. The molecule has 0 fully saturated rings. The maximum absolute atomic E-state index is 7.38. The molecule has 0 saturated heterocycles. The van der Waals surface area contributed by atoms with Gasteiger partial charge < -0.3 is 27.5 Å². The summed E-state index contributed by atoms with van der Waals surface area (Å²) in [5, 5.41) is 4.31. The van der Waals surface area contributed by atoms with Gasteiger partial charge in [0.2, 0.25) is 0 Å². The van der Waals surface area contributed by atoms with Gasteiger partial charge >= 0.3 is 6.71 Å². The van der Waals surface area contributed by atoms with Crippen LogP contribution in [0.25, 0.3) is 66.5 Å². The van der Waals surface area contributed by atoms with Crippen LogP contribution in [0.15, 0.2) is 163 Å². The molecule has 0 N–H and O–H groups in total.